The molecule has 0 saturated carbocycles. The Morgan fingerprint density at radius 2 is 1.93 bits per heavy atom. The third-order valence-electron chi connectivity index (χ3n) is 2.01. The lowest BCUT2D eigenvalue weighted by molar-refractivity contribution is 0.317. The van der Waals surface area contributed by atoms with Crippen molar-refractivity contribution in [2.45, 2.75) is 18.2 Å². The second-order valence-electron chi connectivity index (χ2n) is 3.22. The van der Waals surface area contributed by atoms with E-state index in [1.54, 1.807) is 37.3 Å². The summed E-state index contributed by atoms with van der Waals surface area (Å²) in [6, 6.07) is 8.24. The number of hydrogen-bond acceptors (Lipinski definition) is 4. The lowest BCUT2D eigenvalue weighted by Gasteiger charge is -2.02. The highest BCUT2D eigenvalue weighted by Crippen LogP contribution is 2.11. The molecule has 0 bridgehead atoms. The summed E-state index contributed by atoms with van der Waals surface area (Å²) in [7, 11) is -3.26. The summed E-state index contributed by atoms with van der Waals surface area (Å²) in [6.07, 6.45) is 0.244. The summed E-state index contributed by atoms with van der Waals surface area (Å²) in [5.74, 6) is -0.0348. The molecule has 0 spiro atoms. The van der Waals surface area contributed by atoms with Crippen molar-refractivity contribution in [2.24, 2.45) is 5.16 Å². The molecular formula is C10H13NO3S. The molecule has 1 aromatic rings. The molecule has 15 heavy (non-hydrogen) atoms. The molecule has 0 aliphatic carbocycles. The van der Waals surface area contributed by atoms with Gasteiger partial charge >= 0.3 is 0 Å². The van der Waals surface area contributed by atoms with Gasteiger partial charge in [0.2, 0.25) is 0 Å². The minimum absolute atomic E-state index is 0.0348. The van der Waals surface area contributed by atoms with Crippen LogP contribution in [0, 0.1) is 0 Å². The van der Waals surface area contributed by atoms with Crippen LogP contribution < -0.4 is 0 Å². The van der Waals surface area contributed by atoms with Gasteiger partial charge in [0.05, 0.1) is 16.4 Å². The maximum atomic E-state index is 11.7. The van der Waals surface area contributed by atoms with Gasteiger partial charge in [0.15, 0.2) is 9.84 Å². The molecule has 0 atom stereocenters. The molecule has 0 amide bonds. The minimum atomic E-state index is -3.26. The van der Waals surface area contributed by atoms with Crippen molar-refractivity contribution in [1.29, 1.82) is 0 Å². The fraction of sp³-hybridized carbons (Fsp3) is 0.300. The largest absolute Gasteiger partial charge is 0.411 e. The number of rotatable bonds is 4. The Kier molecular flexibility index (Phi) is 3.85. The van der Waals surface area contributed by atoms with Crippen LogP contribution in [0.1, 0.15) is 13.3 Å². The van der Waals surface area contributed by atoms with Crippen LogP contribution in [0.15, 0.2) is 40.4 Å². The van der Waals surface area contributed by atoms with E-state index >= 15 is 0 Å². The van der Waals surface area contributed by atoms with Crippen molar-refractivity contribution in [3.8, 4) is 0 Å². The summed E-state index contributed by atoms with van der Waals surface area (Å²) < 4.78 is 23.4. The minimum Gasteiger partial charge on any atom is -0.411 e. The Labute approximate surface area is 89.2 Å². The monoisotopic (exact) mass is 227 g/mol. The van der Waals surface area contributed by atoms with Gasteiger partial charge in [-0.1, -0.05) is 23.4 Å². The van der Waals surface area contributed by atoms with Crippen LogP contribution in [0.4, 0.5) is 0 Å². The Bertz CT molecular complexity index is 437. The molecule has 0 saturated heterocycles. The van der Waals surface area contributed by atoms with Crippen molar-refractivity contribution < 1.29 is 13.6 Å². The van der Waals surface area contributed by atoms with Gasteiger partial charge in [-0.25, -0.2) is 8.42 Å². The maximum Gasteiger partial charge on any atom is 0.178 e. The quantitative estimate of drug-likeness (QED) is 0.483. The number of sulfone groups is 1. The summed E-state index contributed by atoms with van der Waals surface area (Å²) in [6.45, 7) is 1.58. The Balaban J connectivity index is 2.78. The van der Waals surface area contributed by atoms with E-state index in [0.717, 1.165) is 0 Å². The first kappa shape index (κ1) is 11.7. The van der Waals surface area contributed by atoms with Gasteiger partial charge in [0.1, 0.15) is 0 Å². The number of benzene rings is 1. The summed E-state index contributed by atoms with van der Waals surface area (Å²) >= 11 is 0. The van der Waals surface area contributed by atoms with Crippen molar-refractivity contribution >= 4 is 15.5 Å². The molecule has 0 radical (unpaired) electrons. The highest BCUT2D eigenvalue weighted by Gasteiger charge is 2.13. The van der Waals surface area contributed by atoms with E-state index in [1.165, 1.54) is 0 Å². The molecule has 0 unspecified atom stereocenters. The average molecular weight is 227 g/mol. The molecule has 0 heterocycles. The number of nitrogens with zero attached hydrogens (tertiary/aromatic N) is 1. The van der Waals surface area contributed by atoms with Gasteiger partial charge < -0.3 is 5.21 Å². The average Bonchev–Trinajstić information content (AvgIpc) is 2.27. The van der Waals surface area contributed by atoms with Crippen LogP contribution in [-0.4, -0.2) is 25.1 Å². The third-order valence-corrected chi connectivity index (χ3v) is 3.74. The van der Waals surface area contributed by atoms with Crippen LogP contribution in [0.3, 0.4) is 0 Å². The standard InChI is InChI=1S/C10H13NO3S/c1-9(11-12)7-8-15(13,14)10-5-3-2-4-6-10/h2-6,12H,7-8H2,1H3/b11-9+. The predicted octanol–water partition coefficient (Wildman–Crippen LogP) is 1.70. The Hall–Kier alpha value is -1.36. The van der Waals surface area contributed by atoms with E-state index in [0.29, 0.717) is 10.6 Å². The van der Waals surface area contributed by atoms with E-state index in [-0.39, 0.29) is 12.2 Å². The summed E-state index contributed by atoms with van der Waals surface area (Å²) in [4.78, 5) is 0.302. The SMILES string of the molecule is C/C(CCS(=O)(=O)c1ccccc1)=N\O. The molecule has 0 aromatic heterocycles. The highest BCUT2D eigenvalue weighted by atomic mass is 32.2. The second kappa shape index (κ2) is 4.93. The molecule has 4 nitrogen and oxygen atoms in total. The molecule has 0 aliphatic heterocycles. The molecule has 82 valence electrons. The van der Waals surface area contributed by atoms with Crippen molar-refractivity contribution in [1.82, 2.24) is 0 Å². The van der Waals surface area contributed by atoms with Gasteiger partial charge in [-0.05, 0) is 19.1 Å². The van der Waals surface area contributed by atoms with Crippen LogP contribution in [0.2, 0.25) is 0 Å². The zero-order valence-electron chi connectivity index (χ0n) is 8.42. The van der Waals surface area contributed by atoms with Gasteiger partial charge in [-0.2, -0.15) is 0 Å². The van der Waals surface area contributed by atoms with Gasteiger partial charge in [0.25, 0.3) is 0 Å². The van der Waals surface area contributed by atoms with Crippen LogP contribution in [0.25, 0.3) is 0 Å². The predicted molar refractivity (Wildman–Crippen MR) is 58.0 cm³/mol. The first-order chi connectivity index (χ1) is 7.06. The summed E-state index contributed by atoms with van der Waals surface area (Å²) in [5, 5.41) is 11.3. The van der Waals surface area contributed by atoms with Gasteiger partial charge in [-0.3, -0.25) is 0 Å². The maximum absolute atomic E-state index is 11.7. The van der Waals surface area contributed by atoms with Crippen LogP contribution in [0.5, 0.6) is 0 Å². The lowest BCUT2D eigenvalue weighted by atomic mass is 10.3. The molecule has 1 rings (SSSR count). The molecule has 1 aromatic carbocycles. The van der Waals surface area contributed by atoms with E-state index in [4.69, 9.17) is 5.21 Å². The first-order valence-electron chi connectivity index (χ1n) is 4.51. The Morgan fingerprint density at radius 3 is 2.47 bits per heavy atom. The second-order valence-corrected chi connectivity index (χ2v) is 5.33. The fourth-order valence-corrected chi connectivity index (χ4v) is 2.45. The Morgan fingerprint density at radius 1 is 1.33 bits per heavy atom. The first-order valence-corrected chi connectivity index (χ1v) is 6.17. The molecule has 0 fully saturated rings. The highest BCUT2D eigenvalue weighted by molar-refractivity contribution is 7.91. The normalized spacial score (nSPS) is 12.7. The summed E-state index contributed by atoms with van der Waals surface area (Å²) in [5.41, 5.74) is 0.412. The van der Waals surface area contributed by atoms with E-state index in [2.05, 4.69) is 5.16 Å². The van der Waals surface area contributed by atoms with Crippen LogP contribution in [-0.2, 0) is 9.84 Å². The lowest BCUT2D eigenvalue weighted by Crippen LogP contribution is -2.09. The molecule has 1 N–H and O–H groups in total. The molecule has 5 heteroatoms. The molecule has 0 aliphatic rings. The third kappa shape index (κ3) is 3.36. The molecular weight excluding hydrogens is 214 g/mol. The van der Waals surface area contributed by atoms with Crippen molar-refractivity contribution in [2.75, 3.05) is 5.75 Å². The zero-order chi connectivity index (χ0) is 11.3. The van der Waals surface area contributed by atoms with Gasteiger partial charge in [-0.15, -0.1) is 0 Å². The van der Waals surface area contributed by atoms with Crippen molar-refractivity contribution in [3.05, 3.63) is 30.3 Å². The van der Waals surface area contributed by atoms with E-state index < -0.39 is 9.84 Å². The smallest absolute Gasteiger partial charge is 0.178 e. The van der Waals surface area contributed by atoms with Crippen LogP contribution >= 0.6 is 0 Å². The number of oxime groups is 1. The topological polar surface area (TPSA) is 66.7 Å². The zero-order valence-corrected chi connectivity index (χ0v) is 9.24. The van der Waals surface area contributed by atoms with Crippen molar-refractivity contribution in [3.63, 3.8) is 0 Å². The number of hydrogen-bond donors (Lipinski definition) is 1. The van der Waals surface area contributed by atoms with Gasteiger partial charge in [0, 0.05) is 6.42 Å². The van der Waals surface area contributed by atoms with E-state index in [9.17, 15) is 8.42 Å². The fourth-order valence-electron chi connectivity index (χ4n) is 1.08. The van der Waals surface area contributed by atoms with E-state index in [1.807, 2.05) is 0 Å².